The molecule has 4 heterocycles. The van der Waals surface area contributed by atoms with Gasteiger partial charge in [0.1, 0.15) is 17.0 Å². The second-order valence-corrected chi connectivity index (χ2v) is 9.03. The van der Waals surface area contributed by atoms with E-state index in [2.05, 4.69) is 11.8 Å². The van der Waals surface area contributed by atoms with Gasteiger partial charge in [0.25, 0.3) is 0 Å². The summed E-state index contributed by atoms with van der Waals surface area (Å²) in [5.41, 5.74) is 5.60. The number of hydrogen-bond acceptors (Lipinski definition) is 5. The van der Waals surface area contributed by atoms with E-state index < -0.39 is 0 Å². The van der Waals surface area contributed by atoms with Crippen molar-refractivity contribution in [1.82, 2.24) is 15.0 Å². The number of aryl methyl sites for hydroxylation is 2. The van der Waals surface area contributed by atoms with Gasteiger partial charge in [-0.1, -0.05) is 13.3 Å². The largest absolute Gasteiger partial charge is 0.355 e. The normalized spacial score (nSPS) is 17.6. The molecule has 3 aromatic heterocycles. The van der Waals surface area contributed by atoms with Crippen molar-refractivity contribution in [3.05, 3.63) is 23.1 Å². The summed E-state index contributed by atoms with van der Waals surface area (Å²) in [5, 5.41) is 1.34. The summed E-state index contributed by atoms with van der Waals surface area (Å²) >= 11 is 1.82. The van der Waals surface area contributed by atoms with Crippen LogP contribution in [0.4, 0.5) is 5.82 Å². The Morgan fingerprint density at radius 3 is 2.63 bits per heavy atom. The number of fused-ring (bicyclic) bond motifs is 5. The van der Waals surface area contributed by atoms with E-state index in [0.717, 1.165) is 30.8 Å². The van der Waals surface area contributed by atoms with Crippen molar-refractivity contribution in [3.63, 3.8) is 0 Å². The first-order valence-corrected chi connectivity index (χ1v) is 11.5. The molecular weight excluding hydrogens is 352 g/mol. The third-order valence-corrected chi connectivity index (χ3v) is 7.28. The van der Waals surface area contributed by atoms with Gasteiger partial charge in [-0.3, -0.25) is 0 Å². The molecule has 0 N–H and O–H groups in total. The van der Waals surface area contributed by atoms with Crippen molar-refractivity contribution < 1.29 is 0 Å². The Bertz CT molecular complexity index is 972. The molecule has 5 rings (SSSR count). The predicted octanol–water partition coefficient (Wildman–Crippen LogP) is 5.45. The lowest BCUT2D eigenvalue weighted by molar-refractivity contribution is 0.575. The first-order chi connectivity index (χ1) is 13.4. The van der Waals surface area contributed by atoms with Crippen molar-refractivity contribution in [3.8, 4) is 0 Å². The fourth-order valence-electron chi connectivity index (χ4n) is 4.81. The summed E-state index contributed by atoms with van der Waals surface area (Å²) in [6, 6.07) is 0. The lowest BCUT2D eigenvalue weighted by Gasteiger charge is -2.27. The highest BCUT2D eigenvalue weighted by molar-refractivity contribution is 7.26. The number of nitrogens with zero attached hydrogens (tertiary/aromatic N) is 4. The zero-order chi connectivity index (χ0) is 18.2. The summed E-state index contributed by atoms with van der Waals surface area (Å²) in [6.45, 7) is 4.51. The fraction of sp³-hybridized carbons (Fsp3) is 0.591. The summed E-state index contributed by atoms with van der Waals surface area (Å²) in [7, 11) is 0. The molecule has 0 spiro atoms. The van der Waals surface area contributed by atoms with Gasteiger partial charge in [0, 0.05) is 24.2 Å². The quantitative estimate of drug-likeness (QED) is 0.603. The smallest absolute Gasteiger partial charge is 0.150 e. The van der Waals surface area contributed by atoms with Crippen LogP contribution in [0.15, 0.2) is 6.33 Å². The number of pyridine rings is 1. The van der Waals surface area contributed by atoms with Crippen LogP contribution in [-0.4, -0.2) is 28.0 Å². The minimum atomic E-state index is 1.12. The van der Waals surface area contributed by atoms with Crippen molar-refractivity contribution in [2.75, 3.05) is 18.0 Å². The van der Waals surface area contributed by atoms with Crippen LogP contribution in [0.2, 0.25) is 0 Å². The van der Waals surface area contributed by atoms with Crippen LogP contribution in [0.1, 0.15) is 68.7 Å². The molecule has 142 valence electrons. The van der Waals surface area contributed by atoms with Gasteiger partial charge in [-0.15, -0.1) is 11.3 Å². The monoisotopic (exact) mass is 380 g/mol. The van der Waals surface area contributed by atoms with E-state index in [1.165, 1.54) is 78.4 Å². The number of piperidine rings is 1. The van der Waals surface area contributed by atoms with E-state index in [1.807, 2.05) is 11.3 Å². The molecular formula is C22H28N4S. The molecule has 0 amide bonds. The molecule has 3 aromatic rings. The SMILES string of the molecule is CCCCc1nc2sc3c(N4CCCCC4)ncnc3c2c2c1CCCC2. The van der Waals surface area contributed by atoms with Gasteiger partial charge in [-0.05, 0) is 68.9 Å². The highest BCUT2D eigenvalue weighted by Gasteiger charge is 2.24. The minimum absolute atomic E-state index is 1.12. The lowest BCUT2D eigenvalue weighted by Crippen LogP contribution is -2.30. The van der Waals surface area contributed by atoms with Crippen LogP contribution in [0.5, 0.6) is 0 Å². The van der Waals surface area contributed by atoms with Crippen molar-refractivity contribution in [1.29, 1.82) is 0 Å². The Hall–Kier alpha value is -1.75. The molecule has 0 bridgehead atoms. The second kappa shape index (κ2) is 7.34. The Morgan fingerprint density at radius 1 is 1.00 bits per heavy atom. The maximum Gasteiger partial charge on any atom is 0.150 e. The Kier molecular flexibility index (Phi) is 4.72. The lowest BCUT2D eigenvalue weighted by atomic mass is 9.87. The second-order valence-electron chi connectivity index (χ2n) is 8.03. The number of hydrogen-bond donors (Lipinski definition) is 0. The predicted molar refractivity (Wildman–Crippen MR) is 114 cm³/mol. The van der Waals surface area contributed by atoms with Gasteiger partial charge in [0.15, 0.2) is 0 Å². The molecule has 1 saturated heterocycles. The van der Waals surface area contributed by atoms with Crippen molar-refractivity contribution in [2.24, 2.45) is 0 Å². The van der Waals surface area contributed by atoms with Gasteiger partial charge in [-0.2, -0.15) is 0 Å². The van der Waals surface area contributed by atoms with Crippen LogP contribution < -0.4 is 4.90 Å². The highest BCUT2D eigenvalue weighted by atomic mass is 32.1. The molecule has 1 aliphatic heterocycles. The highest BCUT2D eigenvalue weighted by Crippen LogP contribution is 2.42. The Balaban J connectivity index is 1.72. The van der Waals surface area contributed by atoms with Crippen LogP contribution in [0.25, 0.3) is 20.4 Å². The van der Waals surface area contributed by atoms with Crippen LogP contribution in [0.3, 0.4) is 0 Å². The van der Waals surface area contributed by atoms with Crippen LogP contribution in [-0.2, 0) is 19.3 Å². The summed E-state index contributed by atoms with van der Waals surface area (Å²) in [4.78, 5) is 18.3. The average Bonchev–Trinajstić information content (AvgIpc) is 3.11. The van der Waals surface area contributed by atoms with E-state index in [-0.39, 0.29) is 0 Å². The van der Waals surface area contributed by atoms with E-state index in [4.69, 9.17) is 15.0 Å². The molecule has 0 atom stereocenters. The molecule has 5 heteroatoms. The zero-order valence-electron chi connectivity index (χ0n) is 16.3. The van der Waals surface area contributed by atoms with Crippen LogP contribution >= 0.6 is 11.3 Å². The standard InChI is InChI=1S/C22H28N4S/c1-2-3-11-17-15-9-5-6-10-16(15)18-19-20(27-22(18)25-17)21(24-14-23-19)26-12-7-4-8-13-26/h14H,2-13H2,1H3. The van der Waals surface area contributed by atoms with Crippen molar-refractivity contribution >= 4 is 37.6 Å². The number of thiophene rings is 1. The van der Waals surface area contributed by atoms with Crippen molar-refractivity contribution in [2.45, 2.75) is 71.1 Å². The van der Waals surface area contributed by atoms with Crippen LogP contribution in [0, 0.1) is 0 Å². The molecule has 2 aliphatic rings. The third kappa shape index (κ3) is 3.00. The molecule has 0 radical (unpaired) electrons. The first-order valence-electron chi connectivity index (χ1n) is 10.7. The van der Waals surface area contributed by atoms with Gasteiger partial charge in [0.2, 0.25) is 0 Å². The number of rotatable bonds is 4. The maximum atomic E-state index is 5.18. The van der Waals surface area contributed by atoms with E-state index in [0.29, 0.717) is 0 Å². The third-order valence-electron chi connectivity index (χ3n) is 6.21. The van der Waals surface area contributed by atoms with Gasteiger partial charge in [0.05, 0.1) is 10.2 Å². The molecule has 0 unspecified atom stereocenters. The fourth-order valence-corrected chi connectivity index (χ4v) is 6.00. The topological polar surface area (TPSA) is 41.9 Å². The number of aromatic nitrogens is 3. The maximum absolute atomic E-state index is 5.18. The Labute approximate surface area is 165 Å². The Morgan fingerprint density at radius 2 is 1.81 bits per heavy atom. The average molecular weight is 381 g/mol. The minimum Gasteiger partial charge on any atom is -0.355 e. The summed E-state index contributed by atoms with van der Waals surface area (Å²) in [5.74, 6) is 1.14. The summed E-state index contributed by atoms with van der Waals surface area (Å²) < 4.78 is 1.25. The first kappa shape index (κ1) is 17.4. The number of unbranched alkanes of at least 4 members (excludes halogenated alkanes) is 1. The molecule has 27 heavy (non-hydrogen) atoms. The van der Waals surface area contributed by atoms with E-state index >= 15 is 0 Å². The van der Waals surface area contributed by atoms with Gasteiger partial charge >= 0.3 is 0 Å². The molecule has 1 fully saturated rings. The molecule has 0 saturated carbocycles. The number of anilines is 1. The summed E-state index contributed by atoms with van der Waals surface area (Å²) in [6.07, 6.45) is 14.2. The van der Waals surface area contributed by atoms with Gasteiger partial charge in [-0.25, -0.2) is 15.0 Å². The van der Waals surface area contributed by atoms with E-state index in [9.17, 15) is 0 Å². The zero-order valence-corrected chi connectivity index (χ0v) is 17.1. The van der Waals surface area contributed by atoms with Gasteiger partial charge < -0.3 is 4.90 Å². The van der Waals surface area contributed by atoms with E-state index in [1.54, 1.807) is 17.5 Å². The molecule has 4 nitrogen and oxygen atoms in total. The molecule has 1 aliphatic carbocycles. The molecule has 0 aromatic carbocycles.